The molecule has 0 N–H and O–H groups in total. The predicted molar refractivity (Wildman–Crippen MR) is 72.1 cm³/mol. The van der Waals surface area contributed by atoms with Gasteiger partial charge in [0, 0.05) is 5.92 Å². The van der Waals surface area contributed by atoms with E-state index in [1.807, 2.05) is 0 Å². The van der Waals surface area contributed by atoms with Crippen molar-refractivity contribution < 1.29 is 0 Å². The second kappa shape index (κ2) is 3.48. The summed E-state index contributed by atoms with van der Waals surface area (Å²) in [5, 5.41) is 0. The quantitative estimate of drug-likeness (QED) is 0.610. The maximum atomic E-state index is 2.50. The van der Waals surface area contributed by atoms with Gasteiger partial charge in [-0.2, -0.15) is 0 Å². The molecule has 3 aliphatic carbocycles. The molecule has 3 unspecified atom stereocenters. The Bertz CT molecular complexity index is 495. The van der Waals surface area contributed by atoms with Gasteiger partial charge in [-0.3, -0.25) is 0 Å². The largest absolute Gasteiger partial charge is 0.0761 e. The van der Waals surface area contributed by atoms with Gasteiger partial charge in [0.15, 0.2) is 0 Å². The Balaban J connectivity index is 1.87. The zero-order valence-corrected chi connectivity index (χ0v) is 10.6. The van der Waals surface area contributed by atoms with Crippen molar-refractivity contribution in [1.82, 2.24) is 0 Å². The van der Waals surface area contributed by atoms with Gasteiger partial charge in [0.05, 0.1) is 0 Å². The zero-order valence-electron chi connectivity index (χ0n) is 10.6. The van der Waals surface area contributed by atoms with Crippen LogP contribution in [0.5, 0.6) is 0 Å². The Morgan fingerprint density at radius 1 is 1.12 bits per heavy atom. The predicted octanol–water partition coefficient (Wildman–Crippen LogP) is 4.47. The van der Waals surface area contributed by atoms with Gasteiger partial charge < -0.3 is 0 Å². The minimum atomic E-state index is 0.764. The van der Waals surface area contributed by atoms with E-state index in [4.69, 9.17) is 0 Å². The molecule has 88 valence electrons. The molecule has 1 aromatic rings. The molecule has 1 fully saturated rings. The van der Waals surface area contributed by atoms with Crippen molar-refractivity contribution in [3.05, 3.63) is 40.5 Å². The van der Waals surface area contributed by atoms with Crippen molar-refractivity contribution in [2.45, 2.75) is 44.9 Å². The summed E-state index contributed by atoms with van der Waals surface area (Å²) in [4.78, 5) is 0. The van der Waals surface area contributed by atoms with Crippen molar-refractivity contribution in [1.29, 1.82) is 0 Å². The fourth-order valence-electron chi connectivity index (χ4n) is 4.52. The van der Waals surface area contributed by atoms with Crippen LogP contribution in [0.15, 0.2) is 18.2 Å². The molecule has 4 rings (SSSR count). The topological polar surface area (TPSA) is 0 Å². The third-order valence-corrected chi connectivity index (χ3v) is 5.17. The first-order valence-corrected chi connectivity index (χ1v) is 7.14. The van der Waals surface area contributed by atoms with Crippen LogP contribution in [0.25, 0.3) is 6.08 Å². The van der Waals surface area contributed by atoms with Gasteiger partial charge in [0.25, 0.3) is 0 Å². The van der Waals surface area contributed by atoms with Crippen LogP contribution in [-0.2, 0) is 6.42 Å². The molecule has 0 radical (unpaired) electrons. The summed E-state index contributed by atoms with van der Waals surface area (Å²) in [7, 11) is 0. The highest BCUT2D eigenvalue weighted by Gasteiger charge is 2.39. The lowest BCUT2D eigenvalue weighted by Gasteiger charge is -2.40. The molecule has 0 nitrogen and oxygen atoms in total. The first-order valence-electron chi connectivity index (χ1n) is 7.14. The van der Waals surface area contributed by atoms with Crippen molar-refractivity contribution in [3.8, 4) is 0 Å². The summed E-state index contributed by atoms with van der Waals surface area (Å²) >= 11 is 0. The first-order chi connectivity index (χ1) is 8.33. The number of benzene rings is 1. The van der Waals surface area contributed by atoms with Crippen LogP contribution in [0, 0.1) is 18.8 Å². The normalized spacial score (nSPS) is 33.4. The molecule has 0 aromatic heterocycles. The summed E-state index contributed by atoms with van der Waals surface area (Å²) in [6.07, 6.45) is 12.1. The monoisotopic (exact) mass is 224 g/mol. The average Bonchev–Trinajstić information content (AvgIpc) is 2.74. The Hall–Kier alpha value is -1.04. The maximum absolute atomic E-state index is 2.50. The fraction of sp³-hybridized carbons (Fsp3) is 0.529. The number of rotatable bonds is 0. The highest BCUT2D eigenvalue weighted by atomic mass is 14.4. The van der Waals surface area contributed by atoms with E-state index in [-0.39, 0.29) is 0 Å². The average molecular weight is 224 g/mol. The zero-order chi connectivity index (χ0) is 11.4. The van der Waals surface area contributed by atoms with E-state index < -0.39 is 0 Å². The summed E-state index contributed by atoms with van der Waals surface area (Å²) in [5.74, 6) is 2.69. The van der Waals surface area contributed by atoms with Gasteiger partial charge in [0.2, 0.25) is 0 Å². The number of allylic oxidation sites excluding steroid dienone is 1. The number of hydrogen-bond acceptors (Lipinski definition) is 0. The first kappa shape index (κ1) is 9.94. The summed E-state index contributed by atoms with van der Waals surface area (Å²) in [5.41, 5.74) is 6.32. The summed E-state index contributed by atoms with van der Waals surface area (Å²) < 4.78 is 0. The standard InChI is InChI=1S/C17H20/c1-11-8-13-6-7-16-15-5-3-2-4-12(15)10-14(9-11)17(13)16/h6-9,12,15-16H,2-5,10H2,1H3. The van der Waals surface area contributed by atoms with E-state index in [0.29, 0.717) is 0 Å². The molecule has 0 amide bonds. The smallest absolute Gasteiger partial charge is 0.00610 e. The Kier molecular flexibility index (Phi) is 2.03. The minimum Gasteiger partial charge on any atom is -0.0761 e. The van der Waals surface area contributed by atoms with E-state index in [0.717, 1.165) is 17.8 Å². The second-order valence-corrected chi connectivity index (χ2v) is 6.22. The number of fused-ring (bicyclic) bond motifs is 2. The van der Waals surface area contributed by atoms with Crippen LogP contribution in [0.1, 0.15) is 53.9 Å². The summed E-state index contributed by atoms with van der Waals surface area (Å²) in [6, 6.07) is 4.82. The lowest BCUT2D eigenvalue weighted by molar-refractivity contribution is 0.204. The molecular weight excluding hydrogens is 204 g/mol. The Morgan fingerprint density at radius 3 is 2.94 bits per heavy atom. The molecule has 0 bridgehead atoms. The Morgan fingerprint density at radius 2 is 2.00 bits per heavy atom. The number of hydrogen-bond donors (Lipinski definition) is 0. The van der Waals surface area contributed by atoms with Crippen molar-refractivity contribution in [3.63, 3.8) is 0 Å². The molecule has 0 heterocycles. The summed E-state index contributed by atoms with van der Waals surface area (Å²) in [6.45, 7) is 2.24. The van der Waals surface area contributed by atoms with Gasteiger partial charge in [-0.1, -0.05) is 42.7 Å². The minimum absolute atomic E-state index is 0.764. The van der Waals surface area contributed by atoms with Gasteiger partial charge in [-0.05, 0) is 54.7 Å². The molecule has 1 saturated carbocycles. The number of aryl methyl sites for hydroxylation is 1. The van der Waals surface area contributed by atoms with Crippen molar-refractivity contribution in [2.75, 3.05) is 0 Å². The van der Waals surface area contributed by atoms with Crippen LogP contribution in [-0.4, -0.2) is 0 Å². The molecule has 0 heteroatoms. The fourth-order valence-corrected chi connectivity index (χ4v) is 4.52. The van der Waals surface area contributed by atoms with E-state index in [1.54, 1.807) is 11.1 Å². The lowest BCUT2D eigenvalue weighted by atomic mass is 9.64. The van der Waals surface area contributed by atoms with E-state index in [2.05, 4.69) is 31.2 Å². The van der Waals surface area contributed by atoms with Crippen LogP contribution in [0.3, 0.4) is 0 Å². The van der Waals surface area contributed by atoms with Crippen molar-refractivity contribution in [2.24, 2.45) is 11.8 Å². The van der Waals surface area contributed by atoms with E-state index in [9.17, 15) is 0 Å². The molecule has 3 aliphatic rings. The van der Waals surface area contributed by atoms with Crippen LogP contribution < -0.4 is 0 Å². The van der Waals surface area contributed by atoms with Crippen LogP contribution in [0.4, 0.5) is 0 Å². The molecule has 3 atom stereocenters. The third kappa shape index (κ3) is 1.36. The molecule has 1 aromatic carbocycles. The highest BCUT2D eigenvalue weighted by molar-refractivity contribution is 5.66. The molecular formula is C17H20. The van der Waals surface area contributed by atoms with Crippen molar-refractivity contribution >= 4 is 6.08 Å². The Labute approximate surface area is 104 Å². The second-order valence-electron chi connectivity index (χ2n) is 6.22. The lowest BCUT2D eigenvalue weighted by Crippen LogP contribution is -2.31. The SMILES string of the molecule is Cc1cc2c3c(c1)CC1CCCCC1C3C=C2. The van der Waals surface area contributed by atoms with E-state index >= 15 is 0 Å². The highest BCUT2D eigenvalue weighted by Crippen LogP contribution is 2.51. The van der Waals surface area contributed by atoms with Gasteiger partial charge >= 0.3 is 0 Å². The van der Waals surface area contributed by atoms with Crippen LogP contribution >= 0.6 is 0 Å². The van der Waals surface area contributed by atoms with Gasteiger partial charge in [-0.25, -0.2) is 0 Å². The maximum Gasteiger partial charge on any atom is 0.00610 e. The molecule has 0 spiro atoms. The molecule has 0 aliphatic heterocycles. The third-order valence-electron chi connectivity index (χ3n) is 5.17. The van der Waals surface area contributed by atoms with Gasteiger partial charge in [-0.15, -0.1) is 0 Å². The molecule has 17 heavy (non-hydrogen) atoms. The molecule has 0 saturated heterocycles. The van der Waals surface area contributed by atoms with E-state index in [1.165, 1.54) is 43.2 Å². The van der Waals surface area contributed by atoms with Gasteiger partial charge in [0.1, 0.15) is 0 Å². The van der Waals surface area contributed by atoms with Crippen LogP contribution in [0.2, 0.25) is 0 Å².